The van der Waals surface area contributed by atoms with Crippen molar-refractivity contribution in [1.82, 2.24) is 10.2 Å². The quantitative estimate of drug-likeness (QED) is 0.416. The fourth-order valence-corrected chi connectivity index (χ4v) is 7.13. The minimum Gasteiger partial charge on any atom is -0.495 e. The molecule has 2 bridgehead atoms. The number of nitrogens with one attached hydrogen (secondary N) is 1. The number of piperazine rings is 1. The van der Waals surface area contributed by atoms with Crippen molar-refractivity contribution in [1.29, 1.82) is 0 Å². The summed E-state index contributed by atoms with van der Waals surface area (Å²) in [5, 5.41) is 3.58. The molecule has 3 unspecified atom stereocenters. The normalized spacial score (nSPS) is 22.9. The van der Waals surface area contributed by atoms with Crippen molar-refractivity contribution in [2.75, 3.05) is 51.3 Å². The van der Waals surface area contributed by atoms with Crippen LogP contribution in [0.4, 0.5) is 5.69 Å². The number of rotatable bonds is 8. The Morgan fingerprint density at radius 1 is 1.05 bits per heavy atom. The van der Waals surface area contributed by atoms with E-state index in [0.717, 1.165) is 68.7 Å². The van der Waals surface area contributed by atoms with Gasteiger partial charge in [0.1, 0.15) is 11.5 Å². The van der Waals surface area contributed by atoms with Crippen molar-refractivity contribution in [3.63, 3.8) is 0 Å². The number of fused-ring (bicyclic) bond motifs is 3. The van der Waals surface area contributed by atoms with Crippen LogP contribution in [0.3, 0.4) is 0 Å². The first kappa shape index (κ1) is 25.9. The number of ether oxygens (including phenoxy) is 1. The highest BCUT2D eigenvalue weighted by molar-refractivity contribution is 6.04. The van der Waals surface area contributed by atoms with Gasteiger partial charge < -0.3 is 19.4 Å². The number of carbonyl (C=O) groups excluding carboxylic acids is 1. The summed E-state index contributed by atoms with van der Waals surface area (Å²) >= 11 is 0. The van der Waals surface area contributed by atoms with E-state index in [1.165, 1.54) is 19.3 Å². The average molecular weight is 530 g/mol. The third kappa shape index (κ3) is 5.05. The third-order valence-electron chi connectivity index (χ3n) is 9.24. The Balaban J connectivity index is 1.06. The van der Waals surface area contributed by atoms with Gasteiger partial charge >= 0.3 is 0 Å². The summed E-state index contributed by atoms with van der Waals surface area (Å²) in [6.45, 7) is 7.25. The standard InChI is InChI=1S/C32H39N3O4/c1-21-29(36)24-7-5-8-25(31(24)39-30(21)26-20-22-11-12-23(26)19-22)32(37)33-13-6-14-34-15-17-35(18-16-34)27-9-3-4-10-28(27)38-2/h3-5,7-10,22-23,26H,6,11-20H2,1-2H3,(H,33,37). The summed E-state index contributed by atoms with van der Waals surface area (Å²) in [4.78, 5) is 31.3. The maximum atomic E-state index is 13.3. The van der Waals surface area contributed by atoms with E-state index in [2.05, 4.69) is 21.2 Å². The topological polar surface area (TPSA) is 75.0 Å². The molecular weight excluding hydrogens is 490 g/mol. The maximum Gasteiger partial charge on any atom is 0.255 e. The molecule has 6 rings (SSSR count). The van der Waals surface area contributed by atoms with E-state index in [1.807, 2.05) is 25.1 Å². The van der Waals surface area contributed by atoms with Crippen molar-refractivity contribution >= 4 is 22.6 Å². The Morgan fingerprint density at radius 2 is 1.87 bits per heavy atom. The Kier molecular flexibility index (Phi) is 7.34. The number of nitrogens with zero attached hydrogens (tertiary/aromatic N) is 2. The van der Waals surface area contributed by atoms with Gasteiger partial charge in [-0.3, -0.25) is 14.5 Å². The van der Waals surface area contributed by atoms with Crippen LogP contribution in [0, 0.1) is 18.8 Å². The maximum absolute atomic E-state index is 13.3. The van der Waals surface area contributed by atoms with E-state index >= 15 is 0 Å². The van der Waals surface area contributed by atoms with E-state index in [0.29, 0.717) is 40.5 Å². The van der Waals surface area contributed by atoms with E-state index in [1.54, 1.807) is 25.3 Å². The second-order valence-corrected chi connectivity index (χ2v) is 11.5. The summed E-state index contributed by atoms with van der Waals surface area (Å²) < 4.78 is 12.0. The number of methoxy groups -OCH3 is 1. The van der Waals surface area contributed by atoms with Crippen LogP contribution in [0.2, 0.25) is 0 Å². The first-order valence-electron chi connectivity index (χ1n) is 14.5. The van der Waals surface area contributed by atoms with Crippen LogP contribution in [0.15, 0.2) is 51.7 Å². The zero-order chi connectivity index (χ0) is 26.9. The van der Waals surface area contributed by atoms with E-state index in [-0.39, 0.29) is 11.3 Å². The van der Waals surface area contributed by atoms with Crippen molar-refractivity contribution in [3.05, 3.63) is 69.6 Å². The molecule has 1 aromatic heterocycles. The first-order chi connectivity index (χ1) is 19.0. The van der Waals surface area contributed by atoms with Crippen LogP contribution >= 0.6 is 0 Å². The van der Waals surface area contributed by atoms with Gasteiger partial charge in [-0.1, -0.05) is 24.6 Å². The Bertz CT molecular complexity index is 1410. The van der Waals surface area contributed by atoms with Crippen molar-refractivity contribution in [2.24, 2.45) is 11.8 Å². The molecule has 3 aromatic rings. The summed E-state index contributed by atoms with van der Waals surface area (Å²) in [6, 6.07) is 13.5. The third-order valence-corrected chi connectivity index (χ3v) is 9.24. The lowest BCUT2D eigenvalue weighted by molar-refractivity contribution is 0.0952. The molecule has 2 heterocycles. The number of anilines is 1. The lowest BCUT2D eigenvalue weighted by atomic mass is 9.85. The lowest BCUT2D eigenvalue weighted by Gasteiger charge is -2.36. The van der Waals surface area contributed by atoms with Crippen molar-refractivity contribution < 1.29 is 13.9 Å². The van der Waals surface area contributed by atoms with Gasteiger partial charge in [-0.15, -0.1) is 0 Å². The lowest BCUT2D eigenvalue weighted by Crippen LogP contribution is -2.47. The molecule has 3 fully saturated rings. The molecule has 2 aromatic carbocycles. The van der Waals surface area contributed by atoms with Gasteiger partial charge in [0.25, 0.3) is 5.91 Å². The van der Waals surface area contributed by atoms with Crippen LogP contribution in [-0.2, 0) is 0 Å². The predicted molar refractivity (Wildman–Crippen MR) is 154 cm³/mol. The van der Waals surface area contributed by atoms with Crippen LogP contribution in [0.5, 0.6) is 5.75 Å². The molecule has 1 N–H and O–H groups in total. The summed E-state index contributed by atoms with van der Waals surface area (Å²) in [6.07, 6.45) is 5.72. The van der Waals surface area contributed by atoms with Crippen molar-refractivity contribution in [2.45, 2.75) is 44.9 Å². The monoisotopic (exact) mass is 529 g/mol. The zero-order valence-corrected chi connectivity index (χ0v) is 23.1. The molecule has 0 radical (unpaired) electrons. The van der Waals surface area contributed by atoms with Crippen LogP contribution in [0.25, 0.3) is 11.0 Å². The van der Waals surface area contributed by atoms with Gasteiger partial charge in [0.05, 0.1) is 23.7 Å². The Labute approximate surface area is 230 Å². The molecule has 7 heteroatoms. The molecule has 39 heavy (non-hydrogen) atoms. The fourth-order valence-electron chi connectivity index (χ4n) is 7.13. The van der Waals surface area contributed by atoms with Crippen LogP contribution in [0.1, 0.15) is 59.7 Å². The van der Waals surface area contributed by atoms with Crippen molar-refractivity contribution in [3.8, 4) is 5.75 Å². The second-order valence-electron chi connectivity index (χ2n) is 11.5. The van der Waals surface area contributed by atoms with Gasteiger partial charge in [0, 0.05) is 44.2 Å². The summed E-state index contributed by atoms with van der Waals surface area (Å²) in [7, 11) is 1.72. The highest BCUT2D eigenvalue weighted by Crippen LogP contribution is 2.53. The molecule has 1 saturated heterocycles. The van der Waals surface area contributed by atoms with Gasteiger partial charge in [-0.25, -0.2) is 0 Å². The van der Waals surface area contributed by atoms with Gasteiger partial charge in [0.2, 0.25) is 0 Å². The highest BCUT2D eigenvalue weighted by Gasteiger charge is 2.42. The van der Waals surface area contributed by atoms with Gasteiger partial charge in [-0.05, 0) is 75.3 Å². The Morgan fingerprint density at radius 3 is 2.62 bits per heavy atom. The number of hydrogen-bond donors (Lipinski definition) is 1. The first-order valence-corrected chi connectivity index (χ1v) is 14.5. The molecular formula is C32H39N3O4. The number of hydrogen-bond acceptors (Lipinski definition) is 6. The van der Waals surface area contributed by atoms with E-state index in [4.69, 9.17) is 9.15 Å². The van der Waals surface area contributed by atoms with Crippen LogP contribution < -0.4 is 20.4 Å². The molecule has 0 spiro atoms. The summed E-state index contributed by atoms with van der Waals surface area (Å²) in [5.41, 5.74) is 2.75. The predicted octanol–water partition coefficient (Wildman–Crippen LogP) is 4.96. The molecule has 7 nitrogen and oxygen atoms in total. The molecule has 2 saturated carbocycles. The number of carbonyl (C=O) groups is 1. The molecule has 206 valence electrons. The van der Waals surface area contributed by atoms with Gasteiger partial charge in [0.15, 0.2) is 11.0 Å². The fraction of sp³-hybridized carbons (Fsp3) is 0.500. The minimum absolute atomic E-state index is 0.00376. The number of benzene rings is 2. The molecule has 1 amide bonds. The largest absolute Gasteiger partial charge is 0.495 e. The number of para-hydroxylation sites is 3. The SMILES string of the molecule is COc1ccccc1N1CCN(CCCNC(=O)c2cccc3c(=O)c(C)c(C4CC5CCC4C5)oc23)CC1. The number of amides is 1. The molecule has 2 aliphatic carbocycles. The minimum atomic E-state index is -0.174. The average Bonchev–Trinajstić information content (AvgIpc) is 3.61. The second kappa shape index (κ2) is 11.0. The van der Waals surface area contributed by atoms with E-state index in [9.17, 15) is 9.59 Å². The van der Waals surface area contributed by atoms with Crippen LogP contribution in [-0.4, -0.2) is 57.2 Å². The zero-order valence-electron chi connectivity index (χ0n) is 23.1. The smallest absolute Gasteiger partial charge is 0.255 e. The van der Waals surface area contributed by atoms with E-state index < -0.39 is 0 Å². The molecule has 1 aliphatic heterocycles. The van der Waals surface area contributed by atoms with Gasteiger partial charge in [-0.2, -0.15) is 0 Å². The molecule has 3 atom stereocenters. The highest BCUT2D eigenvalue weighted by atomic mass is 16.5. The Hall–Kier alpha value is -3.32. The summed E-state index contributed by atoms with van der Waals surface area (Å²) in [5.74, 6) is 3.21. The molecule has 3 aliphatic rings.